The number of rotatable bonds is 6. The first-order valence-electron chi connectivity index (χ1n) is 8.83. The maximum absolute atomic E-state index is 12.7. The average Bonchev–Trinajstić information content (AvgIpc) is 2.60. The fourth-order valence-electron chi connectivity index (χ4n) is 3.00. The molecule has 0 saturated carbocycles. The average molecular weight is 375 g/mol. The minimum atomic E-state index is -3.61. The van der Waals surface area contributed by atoms with E-state index in [1.165, 1.54) is 0 Å². The Morgan fingerprint density at radius 1 is 1.19 bits per heavy atom. The maximum atomic E-state index is 12.7. The van der Waals surface area contributed by atoms with Crippen LogP contribution in [0, 0.1) is 0 Å². The normalized spacial score (nSPS) is 15.8. The highest BCUT2D eigenvalue weighted by atomic mass is 32.2. The number of hydrogen-bond acceptors (Lipinski definition) is 4. The number of sulfonamides is 1. The molecule has 0 fully saturated rings. The third-order valence-electron chi connectivity index (χ3n) is 4.45. The van der Waals surface area contributed by atoms with Crippen LogP contribution in [0.1, 0.15) is 38.3 Å². The molecule has 0 aliphatic carbocycles. The fraction of sp³-hybridized carbons (Fsp3) is 0.400. The quantitative estimate of drug-likeness (QED) is 0.837. The predicted octanol–water partition coefficient (Wildman–Crippen LogP) is 3.67. The van der Waals surface area contributed by atoms with Gasteiger partial charge in [-0.2, -0.15) is 0 Å². The maximum Gasteiger partial charge on any atom is 0.240 e. The van der Waals surface area contributed by atoms with Crippen LogP contribution in [0.2, 0.25) is 0 Å². The molecule has 1 heterocycles. The summed E-state index contributed by atoms with van der Waals surface area (Å²) in [7, 11) is -3.61. The zero-order chi connectivity index (χ0) is 18.8. The van der Waals surface area contributed by atoms with Gasteiger partial charge in [-0.15, -0.1) is 0 Å². The molecule has 2 aromatic carbocycles. The van der Waals surface area contributed by atoms with Crippen molar-refractivity contribution in [1.29, 1.82) is 0 Å². The standard InChI is InChI=1S/C20H25NO4S/c1-4-24-18-8-6-5-7-16(18)14-21-26(22,23)17-9-10-19-15(13-17)11-12-20(2,3)25-19/h5-10,13,21H,4,11-12,14H2,1-3H3. The number of aryl methyl sites for hydroxylation is 1. The highest BCUT2D eigenvalue weighted by Crippen LogP contribution is 2.34. The molecule has 0 aromatic heterocycles. The van der Waals surface area contributed by atoms with Crippen molar-refractivity contribution in [3.63, 3.8) is 0 Å². The summed E-state index contributed by atoms with van der Waals surface area (Å²) in [5, 5.41) is 0. The Hall–Kier alpha value is -2.05. The molecule has 6 heteroatoms. The second-order valence-electron chi connectivity index (χ2n) is 7.00. The van der Waals surface area contributed by atoms with Crippen molar-refractivity contribution < 1.29 is 17.9 Å². The largest absolute Gasteiger partial charge is 0.494 e. The van der Waals surface area contributed by atoms with Gasteiger partial charge in [-0.1, -0.05) is 18.2 Å². The fourth-order valence-corrected chi connectivity index (χ4v) is 4.06. The van der Waals surface area contributed by atoms with Gasteiger partial charge in [0.2, 0.25) is 10.0 Å². The van der Waals surface area contributed by atoms with Gasteiger partial charge in [0.05, 0.1) is 11.5 Å². The van der Waals surface area contributed by atoms with Crippen molar-refractivity contribution in [3.8, 4) is 11.5 Å². The lowest BCUT2D eigenvalue weighted by atomic mass is 9.94. The number of fused-ring (bicyclic) bond motifs is 1. The monoisotopic (exact) mass is 375 g/mol. The number of nitrogens with one attached hydrogen (secondary N) is 1. The van der Waals surface area contributed by atoms with Crippen molar-refractivity contribution in [2.75, 3.05) is 6.61 Å². The van der Waals surface area contributed by atoms with Crippen LogP contribution in [0.5, 0.6) is 11.5 Å². The van der Waals surface area contributed by atoms with Gasteiger partial charge in [0.15, 0.2) is 0 Å². The van der Waals surface area contributed by atoms with E-state index in [0.29, 0.717) is 12.4 Å². The second kappa shape index (κ2) is 7.29. The van der Waals surface area contributed by atoms with E-state index in [0.717, 1.165) is 29.7 Å². The van der Waals surface area contributed by atoms with Crippen LogP contribution < -0.4 is 14.2 Å². The van der Waals surface area contributed by atoms with Crippen LogP contribution in [-0.2, 0) is 23.0 Å². The second-order valence-corrected chi connectivity index (χ2v) is 8.76. The van der Waals surface area contributed by atoms with Crippen LogP contribution in [0.25, 0.3) is 0 Å². The van der Waals surface area contributed by atoms with E-state index < -0.39 is 10.0 Å². The summed E-state index contributed by atoms with van der Waals surface area (Å²) >= 11 is 0. The molecule has 5 nitrogen and oxygen atoms in total. The van der Waals surface area contributed by atoms with Gasteiger partial charge in [0, 0.05) is 12.1 Å². The van der Waals surface area contributed by atoms with Gasteiger partial charge in [-0.3, -0.25) is 0 Å². The molecule has 3 rings (SSSR count). The zero-order valence-electron chi connectivity index (χ0n) is 15.4. The lowest BCUT2D eigenvalue weighted by Gasteiger charge is -2.32. The van der Waals surface area contributed by atoms with Gasteiger partial charge in [0.1, 0.15) is 17.1 Å². The molecule has 1 aliphatic rings. The lowest BCUT2D eigenvalue weighted by Crippen LogP contribution is -2.32. The summed E-state index contributed by atoms with van der Waals surface area (Å²) in [4.78, 5) is 0.258. The number of ether oxygens (including phenoxy) is 2. The first kappa shape index (κ1) is 18.7. The molecule has 0 saturated heterocycles. The number of para-hydroxylation sites is 1. The highest BCUT2D eigenvalue weighted by molar-refractivity contribution is 7.89. The van der Waals surface area contributed by atoms with E-state index in [-0.39, 0.29) is 17.0 Å². The molecule has 0 amide bonds. The van der Waals surface area contributed by atoms with Crippen molar-refractivity contribution in [1.82, 2.24) is 4.72 Å². The van der Waals surface area contributed by atoms with Crippen LogP contribution in [0.15, 0.2) is 47.4 Å². The van der Waals surface area contributed by atoms with Gasteiger partial charge < -0.3 is 9.47 Å². The van der Waals surface area contributed by atoms with Crippen molar-refractivity contribution in [2.24, 2.45) is 0 Å². The third-order valence-corrected chi connectivity index (χ3v) is 5.85. The molecule has 1 N–H and O–H groups in total. The molecule has 2 aromatic rings. The molecule has 1 aliphatic heterocycles. The SMILES string of the molecule is CCOc1ccccc1CNS(=O)(=O)c1ccc2c(c1)CCC(C)(C)O2. The topological polar surface area (TPSA) is 64.6 Å². The Morgan fingerprint density at radius 3 is 2.73 bits per heavy atom. The Balaban J connectivity index is 1.77. The smallest absolute Gasteiger partial charge is 0.240 e. The minimum absolute atomic E-state index is 0.180. The van der Waals surface area contributed by atoms with E-state index >= 15 is 0 Å². The molecule has 26 heavy (non-hydrogen) atoms. The van der Waals surface area contributed by atoms with Crippen LogP contribution in [-0.4, -0.2) is 20.6 Å². The zero-order valence-corrected chi connectivity index (χ0v) is 16.2. The Kier molecular flexibility index (Phi) is 5.25. The van der Waals surface area contributed by atoms with Crippen molar-refractivity contribution in [3.05, 3.63) is 53.6 Å². The summed E-state index contributed by atoms with van der Waals surface area (Å²) in [5.74, 6) is 1.46. The summed E-state index contributed by atoms with van der Waals surface area (Å²) in [6, 6.07) is 12.5. The Morgan fingerprint density at radius 2 is 1.96 bits per heavy atom. The third kappa shape index (κ3) is 4.19. The summed E-state index contributed by atoms with van der Waals surface area (Å²) in [6.07, 6.45) is 1.66. The molecular weight excluding hydrogens is 350 g/mol. The number of benzene rings is 2. The van der Waals surface area contributed by atoms with E-state index in [4.69, 9.17) is 9.47 Å². The molecular formula is C20H25NO4S. The van der Waals surface area contributed by atoms with Crippen LogP contribution in [0.4, 0.5) is 0 Å². The van der Waals surface area contributed by atoms with Crippen LogP contribution in [0.3, 0.4) is 0 Å². The minimum Gasteiger partial charge on any atom is -0.494 e. The Labute approximate surface area is 155 Å². The van der Waals surface area contributed by atoms with Crippen molar-refractivity contribution in [2.45, 2.75) is 50.7 Å². The first-order valence-corrected chi connectivity index (χ1v) is 10.3. The molecule has 0 unspecified atom stereocenters. The summed E-state index contributed by atoms with van der Waals surface area (Å²) < 4.78 is 39.5. The van der Waals surface area contributed by atoms with Crippen molar-refractivity contribution >= 4 is 10.0 Å². The van der Waals surface area contributed by atoms with E-state index in [2.05, 4.69) is 4.72 Å². The summed E-state index contributed by atoms with van der Waals surface area (Å²) in [5.41, 5.74) is 1.53. The van der Waals surface area contributed by atoms with E-state index in [1.807, 2.05) is 45.0 Å². The van der Waals surface area contributed by atoms with E-state index in [1.54, 1.807) is 18.2 Å². The van der Waals surface area contributed by atoms with Gasteiger partial charge in [-0.25, -0.2) is 13.1 Å². The molecule has 0 atom stereocenters. The molecule has 140 valence electrons. The predicted molar refractivity (Wildman–Crippen MR) is 101 cm³/mol. The van der Waals surface area contributed by atoms with Gasteiger partial charge >= 0.3 is 0 Å². The van der Waals surface area contributed by atoms with Crippen LogP contribution >= 0.6 is 0 Å². The van der Waals surface area contributed by atoms with Gasteiger partial charge in [-0.05, 0) is 63.4 Å². The van der Waals surface area contributed by atoms with Gasteiger partial charge in [0.25, 0.3) is 0 Å². The molecule has 0 radical (unpaired) electrons. The van der Waals surface area contributed by atoms with E-state index in [9.17, 15) is 8.42 Å². The Bertz CT molecular complexity index is 890. The first-order chi connectivity index (χ1) is 12.3. The lowest BCUT2D eigenvalue weighted by molar-refractivity contribution is 0.0845. The summed E-state index contributed by atoms with van der Waals surface area (Å²) in [6.45, 7) is 6.69. The molecule has 0 bridgehead atoms. The molecule has 0 spiro atoms. The number of hydrogen-bond donors (Lipinski definition) is 1. The highest BCUT2D eigenvalue weighted by Gasteiger charge is 2.27.